The Morgan fingerprint density at radius 1 is 1.12 bits per heavy atom. The third-order valence-corrected chi connectivity index (χ3v) is 6.24. The highest BCUT2D eigenvalue weighted by Crippen LogP contribution is 2.36. The second kappa shape index (κ2) is 11.5. The number of hydrogen-bond donors (Lipinski definition) is 2. The van der Waals surface area contributed by atoms with Crippen LogP contribution in [0.2, 0.25) is 5.02 Å². The van der Waals surface area contributed by atoms with Crippen LogP contribution in [-0.2, 0) is 25.8 Å². The molecule has 0 saturated carbocycles. The minimum absolute atomic E-state index is 0.00248. The fraction of sp³-hybridized carbons (Fsp3) is 0.333. The molecule has 0 aromatic heterocycles. The van der Waals surface area contributed by atoms with E-state index in [1.165, 1.54) is 37.4 Å². The van der Waals surface area contributed by atoms with E-state index in [4.69, 9.17) is 16.3 Å². The van der Waals surface area contributed by atoms with E-state index in [1.807, 2.05) is 0 Å². The summed E-state index contributed by atoms with van der Waals surface area (Å²) < 4.78 is 71.0. The molecule has 0 spiro atoms. The van der Waals surface area contributed by atoms with Crippen molar-refractivity contribution in [2.24, 2.45) is 0 Å². The molecule has 2 amide bonds. The van der Waals surface area contributed by atoms with E-state index in [1.54, 1.807) is 6.92 Å². The number of ether oxygens (including phenoxy) is 1. The molecule has 0 radical (unpaired) electrons. The molecule has 0 aliphatic heterocycles. The van der Waals surface area contributed by atoms with Crippen molar-refractivity contribution < 1.29 is 35.9 Å². The van der Waals surface area contributed by atoms with Crippen molar-refractivity contribution in [2.45, 2.75) is 24.4 Å². The Hall–Kier alpha value is -2.83. The Labute approximate surface area is 200 Å². The van der Waals surface area contributed by atoms with Gasteiger partial charge in [-0.25, -0.2) is 13.1 Å². The van der Waals surface area contributed by atoms with Crippen LogP contribution in [-0.4, -0.2) is 51.9 Å². The SMILES string of the molecule is CCOc1ccc(S(=O)(=O)NCCC(=O)N(C)CC(=O)Nc2ccc(Cl)c(C(F)(F)F)c2)cc1. The number of sulfonamides is 1. The number of carbonyl (C=O) groups excluding carboxylic acids is 2. The standard InChI is InChI=1S/C21H23ClF3N3O5S/c1-3-33-15-5-7-16(8-6-15)34(31,32)26-11-10-20(30)28(2)13-19(29)27-14-4-9-18(22)17(12-14)21(23,24)25/h4-9,12,26H,3,10-11,13H2,1-2H3,(H,27,29). The number of carbonyl (C=O) groups is 2. The normalized spacial score (nSPS) is 11.7. The number of rotatable bonds is 10. The Morgan fingerprint density at radius 2 is 1.76 bits per heavy atom. The first-order valence-electron chi connectivity index (χ1n) is 9.96. The van der Waals surface area contributed by atoms with Gasteiger partial charge in [0.1, 0.15) is 5.75 Å². The lowest BCUT2D eigenvalue weighted by Gasteiger charge is -2.17. The van der Waals surface area contributed by atoms with Gasteiger partial charge in [0.05, 0.1) is 28.6 Å². The van der Waals surface area contributed by atoms with Crippen LogP contribution >= 0.6 is 11.6 Å². The van der Waals surface area contributed by atoms with E-state index in [-0.39, 0.29) is 23.5 Å². The Bertz CT molecular complexity index is 1130. The second-order valence-electron chi connectivity index (χ2n) is 7.04. The van der Waals surface area contributed by atoms with Gasteiger partial charge in [0, 0.05) is 25.7 Å². The van der Waals surface area contributed by atoms with Crippen LogP contribution in [0.5, 0.6) is 5.75 Å². The third kappa shape index (κ3) is 7.89. The molecule has 0 fully saturated rings. The Kier molecular flexibility index (Phi) is 9.30. The van der Waals surface area contributed by atoms with Gasteiger partial charge in [-0.05, 0) is 49.4 Å². The lowest BCUT2D eigenvalue weighted by atomic mass is 10.2. The van der Waals surface area contributed by atoms with Crippen molar-refractivity contribution in [3.05, 3.63) is 53.1 Å². The van der Waals surface area contributed by atoms with Gasteiger partial charge in [-0.1, -0.05) is 11.6 Å². The molecule has 0 bridgehead atoms. The number of benzene rings is 2. The van der Waals surface area contributed by atoms with Crippen molar-refractivity contribution in [3.63, 3.8) is 0 Å². The molecule has 13 heteroatoms. The van der Waals surface area contributed by atoms with Crippen molar-refractivity contribution in [1.29, 1.82) is 0 Å². The largest absolute Gasteiger partial charge is 0.494 e. The first-order chi connectivity index (χ1) is 15.8. The van der Waals surface area contributed by atoms with E-state index in [0.717, 1.165) is 11.0 Å². The molecule has 0 atom stereocenters. The monoisotopic (exact) mass is 521 g/mol. The molecule has 0 heterocycles. The van der Waals surface area contributed by atoms with Gasteiger partial charge in [-0.15, -0.1) is 0 Å². The molecular weight excluding hydrogens is 499 g/mol. The summed E-state index contributed by atoms with van der Waals surface area (Å²) >= 11 is 5.54. The fourth-order valence-electron chi connectivity index (χ4n) is 2.77. The number of likely N-dealkylation sites (N-methyl/N-ethyl adjacent to an activating group) is 1. The van der Waals surface area contributed by atoms with Gasteiger partial charge < -0.3 is 15.0 Å². The smallest absolute Gasteiger partial charge is 0.417 e. The van der Waals surface area contributed by atoms with E-state index in [2.05, 4.69) is 10.0 Å². The maximum atomic E-state index is 12.9. The number of nitrogens with one attached hydrogen (secondary N) is 2. The Balaban J connectivity index is 1.86. The molecular formula is C21H23ClF3N3O5S. The number of hydrogen-bond acceptors (Lipinski definition) is 5. The molecule has 2 rings (SSSR count). The van der Waals surface area contributed by atoms with Crippen LogP contribution in [0.3, 0.4) is 0 Å². The van der Waals surface area contributed by atoms with Crippen molar-refractivity contribution in [3.8, 4) is 5.75 Å². The summed E-state index contributed by atoms with van der Waals surface area (Å²) in [5.41, 5.74) is -1.23. The molecule has 34 heavy (non-hydrogen) atoms. The van der Waals surface area contributed by atoms with Crippen molar-refractivity contribution in [1.82, 2.24) is 9.62 Å². The van der Waals surface area contributed by atoms with Gasteiger partial charge in [-0.3, -0.25) is 9.59 Å². The number of anilines is 1. The van der Waals surface area contributed by atoms with Crippen LogP contribution in [0.1, 0.15) is 18.9 Å². The minimum atomic E-state index is -4.69. The van der Waals surface area contributed by atoms with Crippen LogP contribution in [0.25, 0.3) is 0 Å². The topological polar surface area (TPSA) is 105 Å². The van der Waals surface area contributed by atoms with Crippen molar-refractivity contribution >= 4 is 39.1 Å². The van der Waals surface area contributed by atoms with E-state index < -0.39 is 45.1 Å². The summed E-state index contributed by atoms with van der Waals surface area (Å²) in [5.74, 6) is -0.761. The van der Waals surface area contributed by atoms with Gasteiger partial charge >= 0.3 is 6.18 Å². The minimum Gasteiger partial charge on any atom is -0.494 e. The molecule has 0 saturated heterocycles. The third-order valence-electron chi connectivity index (χ3n) is 4.44. The molecule has 0 unspecified atom stereocenters. The average molecular weight is 522 g/mol. The molecule has 2 N–H and O–H groups in total. The first kappa shape index (κ1) is 27.4. The second-order valence-corrected chi connectivity index (χ2v) is 9.22. The first-order valence-corrected chi connectivity index (χ1v) is 11.8. The zero-order valence-corrected chi connectivity index (χ0v) is 19.9. The molecule has 8 nitrogen and oxygen atoms in total. The Morgan fingerprint density at radius 3 is 2.35 bits per heavy atom. The van der Waals surface area contributed by atoms with Crippen LogP contribution in [0.15, 0.2) is 47.4 Å². The zero-order chi connectivity index (χ0) is 25.5. The maximum Gasteiger partial charge on any atom is 0.417 e. The van der Waals surface area contributed by atoms with E-state index >= 15 is 0 Å². The zero-order valence-electron chi connectivity index (χ0n) is 18.3. The van der Waals surface area contributed by atoms with Crippen LogP contribution in [0, 0.1) is 0 Å². The number of nitrogens with zero attached hydrogens (tertiary/aromatic N) is 1. The fourth-order valence-corrected chi connectivity index (χ4v) is 4.03. The van der Waals surface area contributed by atoms with Gasteiger partial charge in [0.2, 0.25) is 21.8 Å². The highest BCUT2D eigenvalue weighted by Gasteiger charge is 2.33. The lowest BCUT2D eigenvalue weighted by Crippen LogP contribution is -2.37. The highest BCUT2D eigenvalue weighted by molar-refractivity contribution is 7.89. The predicted molar refractivity (Wildman–Crippen MR) is 120 cm³/mol. The average Bonchev–Trinajstić information content (AvgIpc) is 2.74. The predicted octanol–water partition coefficient (Wildman–Crippen LogP) is 3.52. The molecule has 2 aromatic carbocycles. The van der Waals surface area contributed by atoms with Crippen LogP contribution in [0.4, 0.5) is 18.9 Å². The molecule has 0 aliphatic carbocycles. The summed E-state index contributed by atoms with van der Waals surface area (Å²) in [6.07, 6.45) is -4.93. The lowest BCUT2D eigenvalue weighted by molar-refractivity contribution is -0.137. The summed E-state index contributed by atoms with van der Waals surface area (Å²) in [6.45, 7) is 1.57. The molecule has 0 aliphatic rings. The summed E-state index contributed by atoms with van der Waals surface area (Å²) in [6, 6.07) is 8.65. The molecule has 186 valence electrons. The number of halogens is 4. The number of amides is 2. The summed E-state index contributed by atoms with van der Waals surface area (Å²) in [4.78, 5) is 25.4. The van der Waals surface area contributed by atoms with E-state index in [9.17, 15) is 31.2 Å². The number of alkyl halides is 3. The maximum absolute atomic E-state index is 12.9. The summed E-state index contributed by atoms with van der Waals surface area (Å²) in [5, 5.41) is 1.76. The highest BCUT2D eigenvalue weighted by atomic mass is 35.5. The quantitative estimate of drug-likeness (QED) is 0.498. The van der Waals surface area contributed by atoms with Crippen LogP contribution < -0.4 is 14.8 Å². The van der Waals surface area contributed by atoms with Gasteiger partial charge in [0.15, 0.2) is 0 Å². The van der Waals surface area contributed by atoms with Gasteiger partial charge in [-0.2, -0.15) is 13.2 Å². The molecule has 2 aromatic rings. The van der Waals surface area contributed by atoms with Gasteiger partial charge in [0.25, 0.3) is 0 Å². The summed E-state index contributed by atoms with van der Waals surface area (Å²) in [7, 11) is -2.54. The van der Waals surface area contributed by atoms with E-state index in [0.29, 0.717) is 18.4 Å². The van der Waals surface area contributed by atoms with Crippen molar-refractivity contribution in [2.75, 3.05) is 32.1 Å².